The molecule has 3 N–H and O–H groups in total. The van der Waals surface area contributed by atoms with E-state index in [1.807, 2.05) is 6.92 Å². The van der Waals surface area contributed by atoms with Crippen LogP contribution in [0.25, 0.3) is 0 Å². The van der Waals surface area contributed by atoms with Crippen LogP contribution in [0.3, 0.4) is 0 Å². The summed E-state index contributed by atoms with van der Waals surface area (Å²) < 4.78 is 5.03. The van der Waals surface area contributed by atoms with Crippen molar-refractivity contribution in [1.29, 1.82) is 0 Å². The average molecular weight is 242 g/mol. The van der Waals surface area contributed by atoms with E-state index in [-0.39, 0.29) is 17.8 Å². The smallest absolute Gasteiger partial charge is 0.308 e. The quantitative estimate of drug-likeness (QED) is 0.667. The van der Waals surface area contributed by atoms with Gasteiger partial charge in [0.2, 0.25) is 5.91 Å². The molecule has 1 rings (SSSR count). The molecule has 0 aromatic heterocycles. The first-order valence-corrected chi connectivity index (χ1v) is 6.31. The summed E-state index contributed by atoms with van der Waals surface area (Å²) in [5, 5.41) is 3.27. The molecule has 1 saturated carbocycles. The molecule has 0 heterocycles. The summed E-state index contributed by atoms with van der Waals surface area (Å²) in [5.41, 5.74) is 5.07. The van der Waals surface area contributed by atoms with Crippen LogP contribution in [0.2, 0.25) is 0 Å². The molecule has 0 saturated heterocycles. The van der Waals surface area contributed by atoms with E-state index in [9.17, 15) is 9.59 Å². The SMILES string of the molecule is CCOC(=O)C1CCCC(NCCC(N)=O)C1. The van der Waals surface area contributed by atoms with Crippen molar-refractivity contribution in [3.05, 3.63) is 0 Å². The minimum Gasteiger partial charge on any atom is -0.466 e. The number of rotatable bonds is 6. The van der Waals surface area contributed by atoms with Crippen LogP contribution >= 0.6 is 0 Å². The maximum Gasteiger partial charge on any atom is 0.308 e. The van der Waals surface area contributed by atoms with Crippen molar-refractivity contribution in [2.24, 2.45) is 11.7 Å². The van der Waals surface area contributed by atoms with Crippen LogP contribution in [0.4, 0.5) is 0 Å². The number of carbonyl (C=O) groups is 2. The fourth-order valence-corrected chi connectivity index (χ4v) is 2.25. The molecule has 0 radical (unpaired) electrons. The minimum atomic E-state index is -0.296. The summed E-state index contributed by atoms with van der Waals surface area (Å²) in [6, 6.07) is 0.303. The molecule has 5 nitrogen and oxygen atoms in total. The summed E-state index contributed by atoms with van der Waals surface area (Å²) in [6.07, 6.45) is 4.14. The van der Waals surface area contributed by atoms with Gasteiger partial charge in [0.25, 0.3) is 0 Å². The first-order valence-electron chi connectivity index (χ1n) is 6.31. The zero-order chi connectivity index (χ0) is 12.7. The zero-order valence-electron chi connectivity index (χ0n) is 10.4. The summed E-state index contributed by atoms with van der Waals surface area (Å²) in [5.74, 6) is -0.376. The lowest BCUT2D eigenvalue weighted by Gasteiger charge is -2.28. The second-order valence-electron chi connectivity index (χ2n) is 4.48. The number of ether oxygens (including phenoxy) is 1. The Hall–Kier alpha value is -1.10. The predicted molar refractivity (Wildman–Crippen MR) is 64.2 cm³/mol. The van der Waals surface area contributed by atoms with Gasteiger partial charge in [-0.3, -0.25) is 9.59 Å². The van der Waals surface area contributed by atoms with E-state index < -0.39 is 0 Å². The molecule has 5 heteroatoms. The monoisotopic (exact) mass is 242 g/mol. The molecule has 1 amide bonds. The van der Waals surface area contributed by atoms with Crippen LogP contribution in [0.5, 0.6) is 0 Å². The predicted octanol–water partition coefficient (Wildman–Crippen LogP) is 0.573. The van der Waals surface area contributed by atoms with E-state index >= 15 is 0 Å². The Balaban J connectivity index is 2.28. The Kier molecular flexibility index (Phi) is 5.97. The number of nitrogens with two attached hydrogens (primary N) is 1. The van der Waals surface area contributed by atoms with Gasteiger partial charge < -0.3 is 15.8 Å². The lowest BCUT2D eigenvalue weighted by molar-refractivity contribution is -0.149. The van der Waals surface area contributed by atoms with Crippen molar-refractivity contribution < 1.29 is 14.3 Å². The fraction of sp³-hybridized carbons (Fsp3) is 0.833. The number of amides is 1. The largest absolute Gasteiger partial charge is 0.466 e. The van der Waals surface area contributed by atoms with Crippen molar-refractivity contribution >= 4 is 11.9 Å². The van der Waals surface area contributed by atoms with E-state index in [0.29, 0.717) is 25.6 Å². The third-order valence-corrected chi connectivity index (χ3v) is 3.10. The molecule has 2 unspecified atom stereocenters. The molecular formula is C12H22N2O3. The maximum absolute atomic E-state index is 11.6. The number of carbonyl (C=O) groups excluding carboxylic acids is 2. The summed E-state index contributed by atoms with van der Waals surface area (Å²) in [7, 11) is 0. The highest BCUT2D eigenvalue weighted by Gasteiger charge is 2.27. The number of primary amides is 1. The zero-order valence-corrected chi connectivity index (χ0v) is 10.4. The van der Waals surface area contributed by atoms with E-state index in [1.54, 1.807) is 0 Å². The van der Waals surface area contributed by atoms with Gasteiger partial charge in [-0.15, -0.1) is 0 Å². The van der Waals surface area contributed by atoms with Gasteiger partial charge in [-0.25, -0.2) is 0 Å². The third-order valence-electron chi connectivity index (χ3n) is 3.10. The molecule has 0 bridgehead atoms. The first kappa shape index (κ1) is 14.0. The third kappa shape index (κ3) is 5.17. The van der Waals surface area contributed by atoms with Gasteiger partial charge in [0.15, 0.2) is 0 Å². The first-order chi connectivity index (χ1) is 8.13. The standard InChI is InChI=1S/C12H22N2O3/c1-2-17-12(16)9-4-3-5-10(8-9)14-7-6-11(13)15/h9-10,14H,2-8H2,1H3,(H2,13,15). The Morgan fingerprint density at radius 2 is 2.18 bits per heavy atom. The molecule has 1 aliphatic rings. The maximum atomic E-state index is 11.6. The van der Waals surface area contributed by atoms with E-state index in [1.165, 1.54) is 0 Å². The molecule has 1 fully saturated rings. The van der Waals surface area contributed by atoms with Gasteiger partial charge in [-0.2, -0.15) is 0 Å². The Morgan fingerprint density at radius 1 is 1.41 bits per heavy atom. The molecule has 0 aromatic rings. The fourth-order valence-electron chi connectivity index (χ4n) is 2.25. The molecule has 0 aromatic carbocycles. The van der Waals surface area contributed by atoms with Gasteiger partial charge in [0.1, 0.15) is 0 Å². The van der Waals surface area contributed by atoms with Crippen LogP contribution in [0.1, 0.15) is 39.0 Å². The van der Waals surface area contributed by atoms with Crippen molar-refractivity contribution in [2.75, 3.05) is 13.2 Å². The molecule has 0 spiro atoms. The molecule has 0 aliphatic heterocycles. The number of hydrogen-bond acceptors (Lipinski definition) is 4. The number of esters is 1. The van der Waals surface area contributed by atoms with Crippen LogP contribution in [-0.4, -0.2) is 31.1 Å². The topological polar surface area (TPSA) is 81.4 Å². The average Bonchev–Trinajstić information content (AvgIpc) is 2.29. The minimum absolute atomic E-state index is 0.00905. The van der Waals surface area contributed by atoms with Gasteiger partial charge in [0.05, 0.1) is 12.5 Å². The lowest BCUT2D eigenvalue weighted by Crippen LogP contribution is -2.38. The molecule has 98 valence electrons. The van der Waals surface area contributed by atoms with Crippen LogP contribution < -0.4 is 11.1 Å². The summed E-state index contributed by atoms with van der Waals surface area (Å²) in [6.45, 7) is 2.86. The van der Waals surface area contributed by atoms with Gasteiger partial charge in [-0.05, 0) is 26.2 Å². The molecule has 2 atom stereocenters. The highest BCUT2D eigenvalue weighted by molar-refractivity contribution is 5.74. The van der Waals surface area contributed by atoms with Crippen molar-refractivity contribution in [3.8, 4) is 0 Å². The highest BCUT2D eigenvalue weighted by Crippen LogP contribution is 2.25. The normalized spacial score (nSPS) is 24.3. The van der Waals surface area contributed by atoms with Crippen LogP contribution in [-0.2, 0) is 14.3 Å². The number of hydrogen-bond donors (Lipinski definition) is 2. The van der Waals surface area contributed by atoms with Crippen molar-refractivity contribution in [1.82, 2.24) is 5.32 Å². The Morgan fingerprint density at radius 3 is 2.82 bits per heavy atom. The van der Waals surface area contributed by atoms with Crippen LogP contribution in [0, 0.1) is 5.92 Å². The molecule has 1 aliphatic carbocycles. The van der Waals surface area contributed by atoms with E-state index in [4.69, 9.17) is 10.5 Å². The van der Waals surface area contributed by atoms with Crippen LogP contribution in [0.15, 0.2) is 0 Å². The Bertz CT molecular complexity index is 268. The summed E-state index contributed by atoms with van der Waals surface area (Å²) in [4.78, 5) is 22.2. The second-order valence-corrected chi connectivity index (χ2v) is 4.48. The van der Waals surface area contributed by atoms with E-state index in [0.717, 1.165) is 25.7 Å². The van der Waals surface area contributed by atoms with E-state index in [2.05, 4.69) is 5.32 Å². The van der Waals surface area contributed by atoms with Gasteiger partial charge in [0, 0.05) is 19.0 Å². The molecule has 17 heavy (non-hydrogen) atoms. The second kappa shape index (κ2) is 7.27. The number of nitrogens with one attached hydrogen (secondary N) is 1. The molecular weight excluding hydrogens is 220 g/mol. The van der Waals surface area contributed by atoms with Crippen molar-refractivity contribution in [3.63, 3.8) is 0 Å². The van der Waals surface area contributed by atoms with Gasteiger partial charge >= 0.3 is 5.97 Å². The lowest BCUT2D eigenvalue weighted by atomic mass is 9.85. The summed E-state index contributed by atoms with van der Waals surface area (Å²) >= 11 is 0. The van der Waals surface area contributed by atoms with Gasteiger partial charge in [-0.1, -0.05) is 6.42 Å². The van der Waals surface area contributed by atoms with Crippen molar-refractivity contribution in [2.45, 2.75) is 45.1 Å². The highest BCUT2D eigenvalue weighted by atomic mass is 16.5. The Labute approximate surface area is 102 Å².